The van der Waals surface area contributed by atoms with Gasteiger partial charge in [-0.05, 0) is 25.8 Å². The second-order valence-electron chi connectivity index (χ2n) is 5.85. The Bertz CT molecular complexity index is 215. The Labute approximate surface area is 106 Å². The number of amides is 1. The predicted molar refractivity (Wildman–Crippen MR) is 75.0 cm³/mol. The zero-order valence-corrected chi connectivity index (χ0v) is 12.7. The van der Waals surface area contributed by atoms with E-state index in [9.17, 15) is 4.79 Å². The summed E-state index contributed by atoms with van der Waals surface area (Å²) in [5, 5.41) is 2.76. The highest BCUT2D eigenvalue weighted by atomic mass is 28.3. The molecule has 0 radical (unpaired) electrons. The quantitative estimate of drug-likeness (QED) is 0.521. The minimum atomic E-state index is -1.10. The Morgan fingerprint density at radius 3 is 2.53 bits per heavy atom. The van der Waals surface area contributed by atoms with Gasteiger partial charge in [-0.2, -0.15) is 0 Å². The van der Waals surface area contributed by atoms with Crippen LogP contribution in [-0.4, -0.2) is 33.4 Å². The average Bonchev–Trinajstić information content (AvgIpc) is 2.14. The van der Waals surface area contributed by atoms with Crippen molar-refractivity contribution < 1.29 is 9.53 Å². The van der Waals surface area contributed by atoms with Gasteiger partial charge in [-0.25, -0.2) is 4.79 Å². The maximum Gasteiger partial charge on any atom is 0.407 e. The molecular formula is C12H28N2O2Si. The molecule has 0 aromatic rings. The molecule has 0 aromatic carbocycles. The molecule has 102 valence electrons. The first-order chi connectivity index (χ1) is 7.81. The molecule has 0 saturated heterocycles. The third-order valence-electron chi connectivity index (χ3n) is 2.44. The van der Waals surface area contributed by atoms with Crippen molar-refractivity contribution in [1.29, 1.82) is 0 Å². The van der Waals surface area contributed by atoms with Crippen molar-refractivity contribution in [3.8, 4) is 0 Å². The van der Waals surface area contributed by atoms with Crippen LogP contribution in [0.15, 0.2) is 0 Å². The Morgan fingerprint density at radius 1 is 1.35 bits per heavy atom. The fourth-order valence-electron chi connectivity index (χ4n) is 1.28. The summed E-state index contributed by atoms with van der Waals surface area (Å²) < 4.78 is 5.11. The summed E-state index contributed by atoms with van der Waals surface area (Å²) in [5.74, 6) is 0. The highest BCUT2D eigenvalue weighted by molar-refractivity contribution is 6.76. The maximum atomic E-state index is 11.3. The van der Waals surface area contributed by atoms with E-state index in [0.29, 0.717) is 13.2 Å². The molecule has 1 atom stereocenters. The summed E-state index contributed by atoms with van der Waals surface area (Å²) >= 11 is 0. The molecule has 5 heteroatoms. The summed E-state index contributed by atoms with van der Waals surface area (Å²) in [6.45, 7) is 10.0. The van der Waals surface area contributed by atoms with Gasteiger partial charge in [0.05, 0.1) is 6.61 Å². The first-order valence-corrected chi connectivity index (χ1v) is 10.2. The third kappa shape index (κ3) is 13.4. The highest BCUT2D eigenvalue weighted by Gasteiger charge is 2.13. The molecule has 17 heavy (non-hydrogen) atoms. The number of hydrogen-bond acceptors (Lipinski definition) is 3. The molecule has 1 unspecified atom stereocenters. The minimum Gasteiger partial charge on any atom is -0.450 e. The Balaban J connectivity index is 3.35. The van der Waals surface area contributed by atoms with Gasteiger partial charge in [-0.1, -0.05) is 26.1 Å². The van der Waals surface area contributed by atoms with Crippen molar-refractivity contribution in [2.45, 2.75) is 57.9 Å². The number of unbranched alkanes of at least 4 members (excludes halogenated alkanes) is 1. The molecule has 0 aliphatic heterocycles. The molecule has 0 saturated carbocycles. The monoisotopic (exact) mass is 260 g/mol. The van der Waals surface area contributed by atoms with Crippen molar-refractivity contribution in [2.75, 3.05) is 13.2 Å². The number of alkyl carbamates (subject to hydrolysis) is 1. The van der Waals surface area contributed by atoms with Gasteiger partial charge in [0, 0.05) is 20.7 Å². The maximum absolute atomic E-state index is 11.3. The van der Waals surface area contributed by atoms with Crippen molar-refractivity contribution in [3.05, 3.63) is 0 Å². The molecule has 0 aromatic heterocycles. The van der Waals surface area contributed by atoms with Crippen LogP contribution in [0.4, 0.5) is 4.79 Å². The molecular weight excluding hydrogens is 232 g/mol. The lowest BCUT2D eigenvalue weighted by atomic mass is 10.1. The Hall–Kier alpha value is -0.553. The summed E-state index contributed by atoms with van der Waals surface area (Å²) in [5.41, 5.74) is 5.63. The minimum absolute atomic E-state index is 0.249. The van der Waals surface area contributed by atoms with Crippen molar-refractivity contribution in [1.82, 2.24) is 5.32 Å². The number of carbonyl (C=O) groups excluding carboxylic acids is 1. The summed E-state index contributed by atoms with van der Waals surface area (Å²) in [6, 6.07) is 1.27. The normalized spacial score (nSPS) is 13.2. The van der Waals surface area contributed by atoms with E-state index >= 15 is 0 Å². The van der Waals surface area contributed by atoms with E-state index in [1.807, 2.05) is 6.92 Å². The van der Waals surface area contributed by atoms with Crippen LogP contribution in [0.2, 0.25) is 25.7 Å². The number of carbonyl (C=O) groups is 1. The zero-order chi connectivity index (χ0) is 13.3. The second kappa shape index (κ2) is 8.52. The van der Waals surface area contributed by atoms with Gasteiger partial charge >= 0.3 is 6.09 Å². The molecule has 0 rings (SSSR count). The van der Waals surface area contributed by atoms with Crippen LogP contribution in [0.1, 0.15) is 26.2 Å². The van der Waals surface area contributed by atoms with Gasteiger partial charge in [0.1, 0.15) is 0 Å². The average molecular weight is 260 g/mol. The van der Waals surface area contributed by atoms with Crippen LogP contribution in [0.5, 0.6) is 0 Å². The largest absolute Gasteiger partial charge is 0.450 e. The Kier molecular flexibility index (Phi) is 8.25. The van der Waals surface area contributed by atoms with Gasteiger partial charge in [0.2, 0.25) is 0 Å². The van der Waals surface area contributed by atoms with E-state index in [2.05, 4.69) is 25.0 Å². The van der Waals surface area contributed by atoms with Crippen LogP contribution >= 0.6 is 0 Å². The van der Waals surface area contributed by atoms with Gasteiger partial charge < -0.3 is 15.8 Å². The van der Waals surface area contributed by atoms with E-state index in [0.717, 1.165) is 25.3 Å². The van der Waals surface area contributed by atoms with Crippen molar-refractivity contribution >= 4 is 14.2 Å². The SMILES string of the molecule is CC(N)CCCCNC(=O)OCC[Si](C)(C)C. The van der Waals surface area contributed by atoms with Crippen LogP contribution in [-0.2, 0) is 4.74 Å². The molecule has 0 heterocycles. The van der Waals surface area contributed by atoms with E-state index < -0.39 is 8.07 Å². The van der Waals surface area contributed by atoms with E-state index in [-0.39, 0.29) is 12.1 Å². The van der Waals surface area contributed by atoms with Crippen LogP contribution in [0.25, 0.3) is 0 Å². The number of rotatable bonds is 8. The van der Waals surface area contributed by atoms with E-state index in [4.69, 9.17) is 10.5 Å². The lowest BCUT2D eigenvalue weighted by molar-refractivity contribution is 0.151. The lowest BCUT2D eigenvalue weighted by Gasteiger charge is -2.15. The van der Waals surface area contributed by atoms with Crippen LogP contribution in [0, 0.1) is 0 Å². The van der Waals surface area contributed by atoms with Gasteiger partial charge in [0.25, 0.3) is 0 Å². The molecule has 0 bridgehead atoms. The standard InChI is InChI=1S/C12H28N2O2Si/c1-11(13)7-5-6-8-14-12(15)16-9-10-17(2,3)4/h11H,5-10,13H2,1-4H3,(H,14,15). The number of ether oxygens (including phenoxy) is 1. The molecule has 0 aliphatic rings. The zero-order valence-electron chi connectivity index (χ0n) is 11.7. The molecule has 0 spiro atoms. The summed E-state index contributed by atoms with van der Waals surface area (Å²) in [6.07, 6.45) is 2.73. The van der Waals surface area contributed by atoms with Crippen molar-refractivity contribution in [2.24, 2.45) is 5.73 Å². The number of hydrogen-bond donors (Lipinski definition) is 2. The van der Waals surface area contributed by atoms with E-state index in [1.165, 1.54) is 0 Å². The number of nitrogens with two attached hydrogens (primary N) is 1. The lowest BCUT2D eigenvalue weighted by Crippen LogP contribution is -2.28. The fourth-order valence-corrected chi connectivity index (χ4v) is 2.00. The Morgan fingerprint density at radius 2 is 2.00 bits per heavy atom. The van der Waals surface area contributed by atoms with Gasteiger partial charge in [-0.15, -0.1) is 0 Å². The van der Waals surface area contributed by atoms with E-state index in [1.54, 1.807) is 0 Å². The van der Waals surface area contributed by atoms with Crippen molar-refractivity contribution in [3.63, 3.8) is 0 Å². The van der Waals surface area contributed by atoms with Crippen LogP contribution < -0.4 is 11.1 Å². The smallest absolute Gasteiger partial charge is 0.407 e. The molecule has 1 amide bonds. The highest BCUT2D eigenvalue weighted by Crippen LogP contribution is 2.07. The molecule has 0 fully saturated rings. The second-order valence-corrected chi connectivity index (χ2v) is 11.5. The van der Waals surface area contributed by atoms with Gasteiger partial charge in [-0.3, -0.25) is 0 Å². The fraction of sp³-hybridized carbons (Fsp3) is 0.917. The molecule has 4 nitrogen and oxygen atoms in total. The van der Waals surface area contributed by atoms with Crippen LogP contribution in [0.3, 0.4) is 0 Å². The first kappa shape index (κ1) is 16.4. The molecule has 0 aliphatic carbocycles. The first-order valence-electron chi connectivity index (χ1n) is 6.47. The topological polar surface area (TPSA) is 64.3 Å². The summed E-state index contributed by atoms with van der Waals surface area (Å²) in [7, 11) is -1.10. The predicted octanol–water partition coefficient (Wildman–Crippen LogP) is 2.57. The molecule has 3 N–H and O–H groups in total. The third-order valence-corrected chi connectivity index (χ3v) is 4.14. The number of nitrogens with one attached hydrogen (secondary N) is 1. The van der Waals surface area contributed by atoms with Gasteiger partial charge in [0.15, 0.2) is 0 Å². The summed E-state index contributed by atoms with van der Waals surface area (Å²) in [4.78, 5) is 11.3.